The summed E-state index contributed by atoms with van der Waals surface area (Å²) in [6, 6.07) is 8.74. The van der Waals surface area contributed by atoms with Crippen molar-refractivity contribution in [3.05, 3.63) is 35.4 Å². The summed E-state index contributed by atoms with van der Waals surface area (Å²) in [5.41, 5.74) is 6.91. The first-order valence-corrected chi connectivity index (χ1v) is 5.67. The van der Waals surface area contributed by atoms with E-state index in [9.17, 15) is 4.79 Å². The topological polar surface area (TPSA) is 76.1 Å². The molecule has 0 aliphatic heterocycles. The summed E-state index contributed by atoms with van der Waals surface area (Å²) in [6.45, 7) is 4.17. The number of carbonyl (C=O) groups excluding carboxylic acids is 1. The number of ether oxygens (including phenoxy) is 1. The number of carbonyl (C=O) groups is 1. The summed E-state index contributed by atoms with van der Waals surface area (Å²) >= 11 is 0. The number of rotatable bonds is 4. The van der Waals surface area contributed by atoms with Crippen molar-refractivity contribution in [2.24, 2.45) is 5.92 Å². The molecule has 4 heteroatoms. The second-order valence-electron chi connectivity index (χ2n) is 4.33. The van der Waals surface area contributed by atoms with Crippen LogP contribution in [0.3, 0.4) is 0 Å². The second kappa shape index (κ2) is 6.45. The van der Waals surface area contributed by atoms with Crippen molar-refractivity contribution in [1.29, 1.82) is 5.26 Å². The van der Waals surface area contributed by atoms with Crippen molar-refractivity contribution >= 4 is 17.7 Å². The molecular formula is C14H16N2O2. The molecule has 94 valence electrons. The highest BCUT2D eigenvalue weighted by molar-refractivity contribution is 5.97. The predicted molar refractivity (Wildman–Crippen MR) is 70.2 cm³/mol. The van der Waals surface area contributed by atoms with E-state index in [4.69, 9.17) is 15.7 Å². The number of benzene rings is 1. The molecular weight excluding hydrogens is 228 g/mol. The standard InChI is InChI=1S/C14H16N2O2/c1-10(2)9-18-14(17)12(8-15)7-11-3-5-13(16)6-4-11/h3-7,10H,9,16H2,1-2H3. The van der Waals surface area contributed by atoms with E-state index >= 15 is 0 Å². The lowest BCUT2D eigenvalue weighted by molar-refractivity contribution is -0.139. The predicted octanol–water partition coefficient (Wildman–Crippen LogP) is 2.37. The first-order valence-electron chi connectivity index (χ1n) is 5.67. The van der Waals surface area contributed by atoms with E-state index in [-0.39, 0.29) is 11.5 Å². The fraction of sp³-hybridized carbons (Fsp3) is 0.286. The maximum Gasteiger partial charge on any atom is 0.348 e. The highest BCUT2D eigenvalue weighted by Crippen LogP contribution is 2.11. The lowest BCUT2D eigenvalue weighted by atomic mass is 10.1. The van der Waals surface area contributed by atoms with Gasteiger partial charge >= 0.3 is 5.97 Å². The number of hydrogen-bond acceptors (Lipinski definition) is 4. The van der Waals surface area contributed by atoms with Crippen LogP contribution in [0.4, 0.5) is 5.69 Å². The summed E-state index contributed by atoms with van der Waals surface area (Å²) in [5, 5.41) is 8.93. The molecule has 0 aliphatic carbocycles. The van der Waals surface area contributed by atoms with Gasteiger partial charge in [-0.2, -0.15) is 5.26 Å². The zero-order valence-electron chi connectivity index (χ0n) is 10.5. The van der Waals surface area contributed by atoms with Gasteiger partial charge in [0, 0.05) is 5.69 Å². The molecule has 1 rings (SSSR count). The van der Waals surface area contributed by atoms with Crippen LogP contribution in [-0.2, 0) is 9.53 Å². The molecule has 0 aromatic heterocycles. The number of nitrogen functional groups attached to an aromatic ring is 1. The molecule has 0 amide bonds. The van der Waals surface area contributed by atoms with Gasteiger partial charge in [-0.1, -0.05) is 26.0 Å². The van der Waals surface area contributed by atoms with Gasteiger partial charge in [-0.25, -0.2) is 4.79 Å². The van der Waals surface area contributed by atoms with Crippen molar-refractivity contribution < 1.29 is 9.53 Å². The minimum atomic E-state index is -0.594. The lowest BCUT2D eigenvalue weighted by Crippen LogP contribution is -2.11. The Hall–Kier alpha value is -2.28. The molecule has 0 unspecified atom stereocenters. The molecule has 0 atom stereocenters. The van der Waals surface area contributed by atoms with E-state index in [1.165, 1.54) is 6.08 Å². The van der Waals surface area contributed by atoms with Gasteiger partial charge in [0.1, 0.15) is 11.6 Å². The Balaban J connectivity index is 2.80. The first-order chi connectivity index (χ1) is 8.52. The van der Waals surface area contributed by atoms with Gasteiger partial charge in [-0.05, 0) is 29.7 Å². The molecule has 1 aromatic carbocycles. The van der Waals surface area contributed by atoms with Crippen molar-refractivity contribution in [2.75, 3.05) is 12.3 Å². The van der Waals surface area contributed by atoms with Crippen LogP contribution in [0.25, 0.3) is 6.08 Å². The van der Waals surface area contributed by atoms with Crippen LogP contribution in [0.5, 0.6) is 0 Å². The summed E-state index contributed by atoms with van der Waals surface area (Å²) in [6.07, 6.45) is 1.49. The molecule has 1 aromatic rings. The first kappa shape index (κ1) is 13.8. The molecule has 0 saturated heterocycles. The summed E-state index contributed by atoms with van der Waals surface area (Å²) in [4.78, 5) is 11.6. The number of nitrogens with two attached hydrogens (primary N) is 1. The van der Waals surface area contributed by atoms with E-state index in [0.717, 1.165) is 5.56 Å². The smallest absolute Gasteiger partial charge is 0.348 e. The molecule has 2 N–H and O–H groups in total. The molecule has 0 aliphatic rings. The van der Waals surface area contributed by atoms with E-state index in [0.29, 0.717) is 12.3 Å². The van der Waals surface area contributed by atoms with Crippen LogP contribution in [0.15, 0.2) is 29.8 Å². The summed E-state index contributed by atoms with van der Waals surface area (Å²) in [7, 11) is 0. The Kier molecular flexibility index (Phi) is 4.94. The van der Waals surface area contributed by atoms with E-state index < -0.39 is 5.97 Å². The van der Waals surface area contributed by atoms with Crippen molar-refractivity contribution in [3.8, 4) is 6.07 Å². The third-order valence-corrected chi connectivity index (χ3v) is 2.14. The van der Waals surface area contributed by atoms with E-state index in [1.807, 2.05) is 19.9 Å². The fourth-order valence-electron chi connectivity index (χ4n) is 1.22. The van der Waals surface area contributed by atoms with Crippen molar-refractivity contribution in [2.45, 2.75) is 13.8 Å². The Bertz CT molecular complexity index is 482. The molecule has 0 saturated carbocycles. The largest absolute Gasteiger partial charge is 0.461 e. The fourth-order valence-corrected chi connectivity index (χ4v) is 1.22. The Morgan fingerprint density at radius 3 is 2.56 bits per heavy atom. The minimum Gasteiger partial charge on any atom is -0.461 e. The highest BCUT2D eigenvalue weighted by Gasteiger charge is 2.11. The normalized spacial score (nSPS) is 11.1. The van der Waals surface area contributed by atoms with Crippen LogP contribution < -0.4 is 5.73 Å². The van der Waals surface area contributed by atoms with Gasteiger partial charge < -0.3 is 10.5 Å². The number of esters is 1. The van der Waals surface area contributed by atoms with Crippen molar-refractivity contribution in [3.63, 3.8) is 0 Å². The minimum absolute atomic E-state index is 0.0135. The van der Waals surface area contributed by atoms with Crippen LogP contribution in [0, 0.1) is 17.2 Å². The lowest BCUT2D eigenvalue weighted by Gasteiger charge is -2.06. The zero-order chi connectivity index (χ0) is 13.5. The summed E-state index contributed by atoms with van der Waals surface area (Å²) < 4.78 is 5.00. The Labute approximate surface area is 107 Å². The molecule has 0 fully saturated rings. The van der Waals surface area contributed by atoms with Gasteiger partial charge in [0.05, 0.1) is 6.61 Å². The molecule has 0 bridgehead atoms. The molecule has 0 heterocycles. The van der Waals surface area contributed by atoms with Gasteiger partial charge in [0.2, 0.25) is 0 Å². The van der Waals surface area contributed by atoms with Crippen LogP contribution in [0.2, 0.25) is 0 Å². The van der Waals surface area contributed by atoms with Crippen LogP contribution in [0.1, 0.15) is 19.4 Å². The Morgan fingerprint density at radius 1 is 1.44 bits per heavy atom. The Morgan fingerprint density at radius 2 is 2.06 bits per heavy atom. The van der Waals surface area contributed by atoms with Gasteiger partial charge in [0.25, 0.3) is 0 Å². The van der Waals surface area contributed by atoms with E-state index in [2.05, 4.69) is 0 Å². The second-order valence-corrected chi connectivity index (χ2v) is 4.33. The molecule has 0 spiro atoms. The number of nitriles is 1. The van der Waals surface area contributed by atoms with Crippen LogP contribution >= 0.6 is 0 Å². The molecule has 18 heavy (non-hydrogen) atoms. The monoisotopic (exact) mass is 244 g/mol. The maximum atomic E-state index is 11.6. The maximum absolute atomic E-state index is 11.6. The van der Waals surface area contributed by atoms with E-state index in [1.54, 1.807) is 24.3 Å². The SMILES string of the molecule is CC(C)COC(=O)C(C#N)=Cc1ccc(N)cc1. The van der Waals surface area contributed by atoms with Gasteiger partial charge in [-0.3, -0.25) is 0 Å². The number of nitrogens with zero attached hydrogens (tertiary/aromatic N) is 1. The third-order valence-electron chi connectivity index (χ3n) is 2.14. The average molecular weight is 244 g/mol. The third kappa shape index (κ3) is 4.30. The zero-order valence-corrected chi connectivity index (χ0v) is 10.5. The summed E-state index contributed by atoms with van der Waals surface area (Å²) in [5.74, 6) is -0.353. The molecule has 0 radical (unpaired) electrons. The van der Waals surface area contributed by atoms with Gasteiger partial charge in [0.15, 0.2) is 0 Å². The molecule has 4 nitrogen and oxygen atoms in total. The average Bonchev–Trinajstić information content (AvgIpc) is 2.35. The van der Waals surface area contributed by atoms with Gasteiger partial charge in [-0.15, -0.1) is 0 Å². The van der Waals surface area contributed by atoms with Crippen molar-refractivity contribution in [1.82, 2.24) is 0 Å². The highest BCUT2D eigenvalue weighted by atomic mass is 16.5. The number of anilines is 1. The quantitative estimate of drug-likeness (QED) is 0.382. The van der Waals surface area contributed by atoms with Crippen LogP contribution in [-0.4, -0.2) is 12.6 Å². The number of hydrogen-bond donors (Lipinski definition) is 1.